The van der Waals surface area contributed by atoms with E-state index in [1.807, 2.05) is 6.07 Å². The van der Waals surface area contributed by atoms with E-state index >= 15 is 0 Å². The van der Waals surface area contributed by atoms with Gasteiger partial charge >= 0.3 is 0 Å². The van der Waals surface area contributed by atoms with Gasteiger partial charge in [-0.15, -0.1) is 0 Å². The zero-order valence-electron chi connectivity index (χ0n) is 10.2. The molecule has 0 saturated carbocycles. The van der Waals surface area contributed by atoms with Crippen molar-refractivity contribution >= 4 is 15.7 Å². The van der Waals surface area contributed by atoms with Crippen LogP contribution in [-0.4, -0.2) is 37.4 Å². The van der Waals surface area contributed by atoms with Gasteiger partial charge in [-0.2, -0.15) is 0 Å². The van der Waals surface area contributed by atoms with E-state index in [9.17, 15) is 13.2 Å². The summed E-state index contributed by atoms with van der Waals surface area (Å²) in [6, 6.07) is 4.56. The maximum atomic E-state index is 11.6. The van der Waals surface area contributed by atoms with Crippen molar-refractivity contribution in [3.63, 3.8) is 0 Å². The molecule has 1 aromatic heterocycles. The van der Waals surface area contributed by atoms with E-state index in [2.05, 4.69) is 10.3 Å². The molecule has 0 saturated heterocycles. The Morgan fingerprint density at radius 3 is 2.78 bits per heavy atom. The molecule has 1 rings (SSSR count). The van der Waals surface area contributed by atoms with E-state index < -0.39 is 15.9 Å². The van der Waals surface area contributed by atoms with Crippen LogP contribution in [0.25, 0.3) is 0 Å². The molecule has 1 atom stereocenters. The summed E-state index contributed by atoms with van der Waals surface area (Å²) in [4.78, 5) is 15.6. The summed E-state index contributed by atoms with van der Waals surface area (Å²) in [7, 11) is -3.09. The van der Waals surface area contributed by atoms with Gasteiger partial charge in [-0.25, -0.2) is 8.42 Å². The molecule has 0 aromatic carbocycles. The van der Waals surface area contributed by atoms with Crippen LogP contribution in [-0.2, 0) is 21.2 Å². The first-order valence-electron chi connectivity index (χ1n) is 5.49. The molecule has 100 valence electrons. The Morgan fingerprint density at radius 2 is 2.22 bits per heavy atom. The SMILES string of the molecule is CS(=O)(=O)CC[C@H](N)C(=O)NCc1ccccn1. The zero-order valence-corrected chi connectivity index (χ0v) is 11.0. The molecule has 7 heteroatoms. The summed E-state index contributed by atoms with van der Waals surface area (Å²) < 4.78 is 21.9. The Kier molecular flexibility index (Phi) is 5.24. The minimum atomic E-state index is -3.09. The smallest absolute Gasteiger partial charge is 0.237 e. The Morgan fingerprint density at radius 1 is 1.50 bits per heavy atom. The average Bonchev–Trinajstić information content (AvgIpc) is 2.33. The number of carbonyl (C=O) groups is 1. The first kappa shape index (κ1) is 14.6. The number of sulfone groups is 1. The Labute approximate surface area is 107 Å². The molecule has 0 aliphatic rings. The summed E-state index contributed by atoms with van der Waals surface area (Å²) in [6.45, 7) is 0.284. The van der Waals surface area contributed by atoms with Crippen LogP contribution in [0.1, 0.15) is 12.1 Å². The molecule has 1 aromatic rings. The number of nitrogens with zero attached hydrogens (tertiary/aromatic N) is 1. The number of aromatic nitrogens is 1. The largest absolute Gasteiger partial charge is 0.349 e. The molecule has 0 fully saturated rings. The monoisotopic (exact) mass is 271 g/mol. The summed E-state index contributed by atoms with van der Waals surface area (Å²) >= 11 is 0. The number of rotatable bonds is 6. The normalized spacial score (nSPS) is 13.0. The zero-order chi connectivity index (χ0) is 13.6. The van der Waals surface area contributed by atoms with Gasteiger partial charge in [0.15, 0.2) is 0 Å². The Balaban J connectivity index is 2.37. The number of amides is 1. The number of carbonyl (C=O) groups excluding carboxylic acids is 1. The van der Waals surface area contributed by atoms with Crippen molar-refractivity contribution in [3.8, 4) is 0 Å². The molecule has 1 heterocycles. The first-order chi connectivity index (χ1) is 8.38. The van der Waals surface area contributed by atoms with E-state index in [1.54, 1.807) is 18.3 Å². The standard InChI is InChI=1S/C11H17N3O3S/c1-18(16,17)7-5-10(12)11(15)14-8-9-4-2-3-6-13-9/h2-4,6,10H,5,7-8,12H2,1H3,(H,14,15)/t10-/m0/s1. The molecule has 6 nitrogen and oxygen atoms in total. The first-order valence-corrected chi connectivity index (χ1v) is 7.55. The fourth-order valence-corrected chi connectivity index (χ4v) is 1.97. The van der Waals surface area contributed by atoms with E-state index in [0.717, 1.165) is 11.9 Å². The molecule has 1 amide bonds. The molecule has 0 spiro atoms. The summed E-state index contributed by atoms with van der Waals surface area (Å²) in [5, 5.41) is 2.61. The molecular formula is C11H17N3O3S. The molecule has 0 aliphatic heterocycles. The highest BCUT2D eigenvalue weighted by Crippen LogP contribution is 1.96. The van der Waals surface area contributed by atoms with Gasteiger partial charge in [-0.1, -0.05) is 6.07 Å². The van der Waals surface area contributed by atoms with Gasteiger partial charge in [0.1, 0.15) is 9.84 Å². The van der Waals surface area contributed by atoms with E-state index in [4.69, 9.17) is 5.73 Å². The molecule has 0 bridgehead atoms. The van der Waals surface area contributed by atoms with Crippen LogP contribution >= 0.6 is 0 Å². The van der Waals surface area contributed by atoms with Gasteiger partial charge in [0.25, 0.3) is 0 Å². The highest BCUT2D eigenvalue weighted by atomic mass is 32.2. The lowest BCUT2D eigenvalue weighted by Gasteiger charge is -2.11. The second kappa shape index (κ2) is 6.46. The van der Waals surface area contributed by atoms with Crippen molar-refractivity contribution in [1.29, 1.82) is 0 Å². The van der Waals surface area contributed by atoms with Crippen LogP contribution in [0.3, 0.4) is 0 Å². The predicted octanol–water partition coefficient (Wildman–Crippen LogP) is -0.540. The molecule has 0 aliphatic carbocycles. The van der Waals surface area contributed by atoms with Crippen LogP contribution in [0.4, 0.5) is 0 Å². The highest BCUT2D eigenvalue weighted by molar-refractivity contribution is 7.90. The third kappa shape index (κ3) is 5.74. The van der Waals surface area contributed by atoms with Crippen LogP contribution in [0.5, 0.6) is 0 Å². The minimum absolute atomic E-state index is 0.0921. The van der Waals surface area contributed by atoms with Crippen molar-refractivity contribution in [2.24, 2.45) is 5.73 Å². The summed E-state index contributed by atoms with van der Waals surface area (Å²) in [5.41, 5.74) is 6.31. The van der Waals surface area contributed by atoms with Crippen molar-refractivity contribution in [1.82, 2.24) is 10.3 Å². The molecular weight excluding hydrogens is 254 g/mol. The van der Waals surface area contributed by atoms with Crippen LogP contribution in [0.15, 0.2) is 24.4 Å². The maximum absolute atomic E-state index is 11.6. The lowest BCUT2D eigenvalue weighted by atomic mass is 10.2. The number of hydrogen-bond donors (Lipinski definition) is 2. The topological polar surface area (TPSA) is 102 Å². The van der Waals surface area contributed by atoms with Gasteiger partial charge in [0.2, 0.25) is 5.91 Å². The lowest BCUT2D eigenvalue weighted by Crippen LogP contribution is -2.41. The van der Waals surface area contributed by atoms with Gasteiger partial charge in [0.05, 0.1) is 24.0 Å². The number of hydrogen-bond acceptors (Lipinski definition) is 5. The van der Waals surface area contributed by atoms with Crippen LogP contribution in [0.2, 0.25) is 0 Å². The fourth-order valence-electron chi connectivity index (χ4n) is 1.28. The lowest BCUT2D eigenvalue weighted by molar-refractivity contribution is -0.122. The Bertz CT molecular complexity index is 488. The third-order valence-corrected chi connectivity index (χ3v) is 3.28. The second-order valence-electron chi connectivity index (χ2n) is 4.06. The van der Waals surface area contributed by atoms with Crippen molar-refractivity contribution in [3.05, 3.63) is 30.1 Å². The fraction of sp³-hybridized carbons (Fsp3) is 0.455. The van der Waals surface area contributed by atoms with Gasteiger partial charge < -0.3 is 11.1 Å². The maximum Gasteiger partial charge on any atom is 0.237 e. The molecule has 0 radical (unpaired) electrons. The van der Waals surface area contributed by atoms with Crippen molar-refractivity contribution in [2.75, 3.05) is 12.0 Å². The van der Waals surface area contributed by atoms with Gasteiger partial charge in [0, 0.05) is 12.5 Å². The molecule has 18 heavy (non-hydrogen) atoms. The van der Waals surface area contributed by atoms with E-state index in [-0.39, 0.29) is 24.6 Å². The van der Waals surface area contributed by atoms with Gasteiger partial charge in [-0.3, -0.25) is 9.78 Å². The van der Waals surface area contributed by atoms with Crippen molar-refractivity contribution in [2.45, 2.75) is 19.0 Å². The van der Waals surface area contributed by atoms with E-state index in [0.29, 0.717) is 0 Å². The quantitative estimate of drug-likeness (QED) is 0.723. The second-order valence-corrected chi connectivity index (χ2v) is 6.32. The highest BCUT2D eigenvalue weighted by Gasteiger charge is 2.15. The van der Waals surface area contributed by atoms with Gasteiger partial charge in [-0.05, 0) is 18.6 Å². The minimum Gasteiger partial charge on any atom is -0.349 e. The number of nitrogens with two attached hydrogens (primary N) is 1. The molecule has 3 N–H and O–H groups in total. The van der Waals surface area contributed by atoms with E-state index in [1.165, 1.54) is 0 Å². The molecule has 0 unspecified atom stereocenters. The van der Waals surface area contributed by atoms with Crippen LogP contribution in [0, 0.1) is 0 Å². The summed E-state index contributed by atoms with van der Waals surface area (Å²) in [5.74, 6) is -0.463. The third-order valence-electron chi connectivity index (χ3n) is 2.31. The number of nitrogens with one attached hydrogen (secondary N) is 1. The van der Waals surface area contributed by atoms with Crippen LogP contribution < -0.4 is 11.1 Å². The average molecular weight is 271 g/mol. The number of pyridine rings is 1. The summed E-state index contributed by atoms with van der Waals surface area (Å²) in [6.07, 6.45) is 2.86. The van der Waals surface area contributed by atoms with Crippen molar-refractivity contribution < 1.29 is 13.2 Å². The Hall–Kier alpha value is -1.47. The predicted molar refractivity (Wildman–Crippen MR) is 68.4 cm³/mol.